The number of aliphatic carboxylic acids is 3. The van der Waals surface area contributed by atoms with Gasteiger partial charge in [-0.3, -0.25) is 34.0 Å². The SMILES string of the molecule is CC(C)(C)NC(=O)[C@@H]1CN(Cc2cccnc2)CCN1C[C@@H](O)C[C@H](Cc1ccccc1)C(=O)N[C@H]1c2ccccc2C[C@H]1OC(=O)CCCCC(=O)O[C@H]1[C@@H](C2COC(C)(C)O2)OC2OC(C)(C)O[C@H]21.O=C(O)C(F)(F)F.O=C(O)C(F)(F)F.O=C(O)C(F)(F)F. The highest BCUT2D eigenvalue weighted by molar-refractivity contribution is 5.83. The molecule has 4 saturated heterocycles. The Balaban J connectivity index is 0.000000628. The van der Waals surface area contributed by atoms with Crippen molar-refractivity contribution in [1.82, 2.24) is 25.4 Å². The third kappa shape index (κ3) is 24.1. The summed E-state index contributed by atoms with van der Waals surface area (Å²) in [4.78, 5) is 90.4. The van der Waals surface area contributed by atoms with Crippen LogP contribution in [0.15, 0.2) is 79.1 Å². The molecule has 32 heteroatoms. The number of pyridine rings is 1. The zero-order valence-electron chi connectivity index (χ0n) is 51.2. The zero-order chi connectivity index (χ0) is 68.7. The topological polar surface area (TPSA) is 308 Å². The molecule has 0 bridgehead atoms. The Bertz CT molecular complexity index is 2900. The second-order valence-electron chi connectivity index (χ2n) is 24.0. The van der Waals surface area contributed by atoms with Gasteiger partial charge in [-0.1, -0.05) is 60.7 Å². The van der Waals surface area contributed by atoms with Crippen molar-refractivity contribution in [2.24, 2.45) is 5.92 Å². The molecule has 1 aliphatic carbocycles. The van der Waals surface area contributed by atoms with E-state index in [9.17, 15) is 63.8 Å². The molecule has 0 radical (unpaired) electrons. The molecule has 2 amide bonds. The van der Waals surface area contributed by atoms with Crippen LogP contribution in [0.25, 0.3) is 0 Å². The number of fused-ring (bicyclic) bond motifs is 2. The van der Waals surface area contributed by atoms with Crippen LogP contribution in [0.3, 0.4) is 0 Å². The molecule has 8 rings (SSSR count). The van der Waals surface area contributed by atoms with Crippen molar-refractivity contribution >= 4 is 41.7 Å². The van der Waals surface area contributed by atoms with Gasteiger partial charge in [-0.15, -0.1) is 0 Å². The number of aliphatic hydroxyl groups excluding tert-OH is 1. The number of β-amino-alcohol motifs (C(OH)–C–C–N with tert-alkyl or cyclic N) is 1. The average molecular weight is 1330 g/mol. The summed E-state index contributed by atoms with van der Waals surface area (Å²) >= 11 is 0. The molecule has 3 aromatic rings. The minimum atomic E-state index is -5.08. The van der Waals surface area contributed by atoms with Gasteiger partial charge in [0.15, 0.2) is 30.1 Å². The van der Waals surface area contributed by atoms with Gasteiger partial charge in [-0.05, 0) is 102 Å². The van der Waals surface area contributed by atoms with Gasteiger partial charge in [-0.25, -0.2) is 14.4 Å². The predicted octanol–water partition coefficient (Wildman–Crippen LogP) is 6.82. The summed E-state index contributed by atoms with van der Waals surface area (Å²) < 4.78 is 137. The van der Waals surface area contributed by atoms with Crippen molar-refractivity contribution in [1.29, 1.82) is 0 Å². The Hall–Kier alpha value is -7.07. The lowest BCUT2D eigenvalue weighted by Gasteiger charge is -2.42. The number of rotatable bonds is 19. The van der Waals surface area contributed by atoms with Crippen LogP contribution in [0.5, 0.6) is 0 Å². The predicted molar refractivity (Wildman–Crippen MR) is 301 cm³/mol. The van der Waals surface area contributed by atoms with E-state index in [1.807, 2.05) is 112 Å². The Morgan fingerprint density at radius 2 is 1.28 bits per heavy atom. The Morgan fingerprint density at radius 1 is 0.717 bits per heavy atom. The maximum absolute atomic E-state index is 14.6. The first-order valence-corrected chi connectivity index (χ1v) is 29.0. The molecule has 512 valence electrons. The Kier molecular flexibility index (Phi) is 26.5. The number of piperazine rings is 1. The number of carboxylic acids is 3. The van der Waals surface area contributed by atoms with Crippen LogP contribution in [0.4, 0.5) is 39.5 Å². The summed E-state index contributed by atoms with van der Waals surface area (Å²) in [6, 6.07) is 20.2. The number of hydrogen-bond donors (Lipinski definition) is 6. The standard InChI is InChI=1S/C54H73N5O12.3C2HF3O2/c1-52(2,3)57-50(64)40-32-58(30-35-18-15-23-55-29-35)24-25-59(40)31-38(60)27-37(26-34-16-9-8-10-17-34)49(63)56-45-39-20-12-11-19-36(39)28-41(45)66-43(61)21-13-14-22-44(62)67-47-46(42-33-65-53(4,5)69-42)68-51-48(47)70-54(6,7)71-51;3*3-2(4,5)1(6)7/h8-12,15-20,23,29,37-38,40-42,45-48,51,60H,13-14,21-22,24-28,30-33H2,1-7H3,(H,56,63)(H,57,64);3*(H,6,7)/t37-,38-,40-,41+,42?,45-,46+,47-,48-,51?;;;/m0.../s1. The smallest absolute Gasteiger partial charge is 0.475 e. The van der Waals surface area contributed by atoms with E-state index in [-0.39, 0.29) is 44.2 Å². The number of aromatic nitrogens is 1. The molecule has 4 aliphatic heterocycles. The molecule has 1 aromatic heterocycles. The van der Waals surface area contributed by atoms with Crippen molar-refractivity contribution < 1.29 is 127 Å². The van der Waals surface area contributed by atoms with E-state index in [1.54, 1.807) is 20.0 Å². The number of nitrogens with one attached hydrogen (secondary N) is 2. The first-order valence-electron chi connectivity index (χ1n) is 29.0. The Labute approximate surface area is 523 Å². The zero-order valence-corrected chi connectivity index (χ0v) is 51.2. The molecular formula is C60H76F9N5O18. The van der Waals surface area contributed by atoms with Crippen molar-refractivity contribution in [2.45, 2.75) is 191 Å². The highest BCUT2D eigenvalue weighted by Crippen LogP contribution is 2.42. The molecule has 5 heterocycles. The summed E-state index contributed by atoms with van der Waals surface area (Å²) in [7, 11) is 0. The third-order valence-corrected chi connectivity index (χ3v) is 14.4. The first kappa shape index (κ1) is 75.6. The van der Waals surface area contributed by atoms with E-state index in [1.165, 1.54) is 0 Å². The number of esters is 2. The van der Waals surface area contributed by atoms with Gasteiger partial charge in [0.05, 0.1) is 18.8 Å². The van der Waals surface area contributed by atoms with Gasteiger partial charge in [0.25, 0.3) is 0 Å². The number of amides is 2. The molecule has 92 heavy (non-hydrogen) atoms. The second-order valence-corrected chi connectivity index (χ2v) is 24.0. The Morgan fingerprint density at radius 3 is 1.83 bits per heavy atom. The highest BCUT2D eigenvalue weighted by atomic mass is 19.4. The molecule has 10 atom stereocenters. The van der Waals surface area contributed by atoms with Gasteiger partial charge < -0.3 is 64.2 Å². The van der Waals surface area contributed by atoms with Crippen molar-refractivity contribution in [3.05, 3.63) is 101 Å². The van der Waals surface area contributed by atoms with E-state index in [4.69, 9.17) is 62.9 Å². The van der Waals surface area contributed by atoms with Gasteiger partial charge in [0.1, 0.15) is 24.4 Å². The van der Waals surface area contributed by atoms with Gasteiger partial charge in [-0.2, -0.15) is 39.5 Å². The fraction of sp³-hybridized carbons (Fsp3) is 0.600. The number of aliphatic hydroxyl groups is 1. The molecule has 0 saturated carbocycles. The van der Waals surface area contributed by atoms with Crippen LogP contribution in [0.2, 0.25) is 0 Å². The maximum atomic E-state index is 14.6. The van der Waals surface area contributed by atoms with Crippen LogP contribution in [-0.2, 0) is 86.1 Å². The number of hydrogen-bond acceptors (Lipinski definition) is 18. The summed E-state index contributed by atoms with van der Waals surface area (Å²) in [5.41, 5.74) is 3.38. The number of carboxylic acid groups (broad SMARTS) is 3. The van der Waals surface area contributed by atoms with Crippen molar-refractivity contribution in [2.75, 3.05) is 32.8 Å². The van der Waals surface area contributed by atoms with Crippen molar-refractivity contribution in [3.8, 4) is 0 Å². The highest BCUT2D eigenvalue weighted by Gasteiger charge is 2.60. The molecule has 0 spiro atoms. The second kappa shape index (κ2) is 32.2. The molecule has 6 N–H and O–H groups in total. The van der Waals surface area contributed by atoms with Crippen LogP contribution >= 0.6 is 0 Å². The summed E-state index contributed by atoms with van der Waals surface area (Å²) in [5.74, 6) is -11.9. The van der Waals surface area contributed by atoms with E-state index < -0.39 is 126 Å². The lowest BCUT2D eigenvalue weighted by molar-refractivity contribution is -0.235. The lowest BCUT2D eigenvalue weighted by Crippen LogP contribution is -2.61. The van der Waals surface area contributed by atoms with Crippen LogP contribution in [0, 0.1) is 5.92 Å². The molecule has 2 aromatic carbocycles. The third-order valence-electron chi connectivity index (χ3n) is 14.4. The normalized spacial score (nSPS) is 24.1. The van der Waals surface area contributed by atoms with Crippen molar-refractivity contribution in [3.63, 3.8) is 0 Å². The number of unbranched alkanes of at least 4 members (excludes halogenated alkanes) is 1. The lowest BCUT2D eigenvalue weighted by atomic mass is 9.91. The van der Waals surface area contributed by atoms with Gasteiger partial charge in [0.2, 0.25) is 11.8 Å². The molecule has 4 fully saturated rings. The van der Waals surface area contributed by atoms with E-state index in [0.717, 1.165) is 22.3 Å². The number of alkyl halides is 9. The number of nitrogens with zero attached hydrogens (tertiary/aromatic N) is 3. The monoisotopic (exact) mass is 1330 g/mol. The quantitative estimate of drug-likeness (QED) is 0.0407. The maximum Gasteiger partial charge on any atom is 0.490 e. The summed E-state index contributed by atoms with van der Waals surface area (Å²) in [6.07, 6.45) is -14.8. The number of carbonyl (C=O) groups excluding carboxylic acids is 4. The summed E-state index contributed by atoms with van der Waals surface area (Å²) in [6.45, 7) is 15.9. The summed E-state index contributed by atoms with van der Waals surface area (Å²) in [5, 5.41) is 39.6. The minimum Gasteiger partial charge on any atom is -0.475 e. The van der Waals surface area contributed by atoms with E-state index in [0.29, 0.717) is 51.9 Å². The fourth-order valence-electron chi connectivity index (χ4n) is 10.4. The number of benzene rings is 2. The molecule has 5 aliphatic rings. The molecule has 2 unspecified atom stereocenters. The van der Waals surface area contributed by atoms with Gasteiger partial charge >= 0.3 is 48.4 Å². The largest absolute Gasteiger partial charge is 0.490 e. The minimum absolute atomic E-state index is 0.0566. The van der Waals surface area contributed by atoms with Crippen LogP contribution < -0.4 is 10.6 Å². The first-order chi connectivity index (χ1) is 42.6. The van der Waals surface area contributed by atoms with Crippen LogP contribution in [-0.4, -0.2) is 194 Å². The van der Waals surface area contributed by atoms with E-state index >= 15 is 0 Å². The number of carbonyl (C=O) groups is 7. The van der Waals surface area contributed by atoms with E-state index in [2.05, 4.69) is 20.5 Å². The van der Waals surface area contributed by atoms with Crippen LogP contribution in [0.1, 0.15) is 109 Å². The van der Waals surface area contributed by atoms with Gasteiger partial charge in [0, 0.05) is 75.8 Å². The average Bonchev–Trinajstić information content (AvgIpc) is 1.60. The fourth-order valence-corrected chi connectivity index (χ4v) is 10.4. The molecule has 23 nitrogen and oxygen atoms in total. The molecular weight excluding hydrogens is 1250 g/mol. The number of ether oxygens (including phenoxy) is 7. The number of halogens is 9.